The molecule has 5 heteroatoms. The second-order valence-electron chi connectivity index (χ2n) is 9.12. The van der Waals surface area contributed by atoms with E-state index < -0.39 is 0 Å². The van der Waals surface area contributed by atoms with Crippen LogP contribution in [0.25, 0.3) is 11.0 Å². The van der Waals surface area contributed by atoms with Gasteiger partial charge in [-0.1, -0.05) is 55.8 Å². The van der Waals surface area contributed by atoms with Gasteiger partial charge in [0.15, 0.2) is 0 Å². The summed E-state index contributed by atoms with van der Waals surface area (Å²) in [4.78, 5) is 17.3. The Hall–Kier alpha value is -3.60. The number of imidazole rings is 1. The standard InChI is InChI=1S/C30H35N3O2/c1-4-23(3)24-14-16-26(17-15-24)35-20-19-33-28-12-6-5-11-27(28)32-29(33)13-8-18-31-30(34)25-10-7-9-22(2)21-25/h5-7,9-12,14-17,21,23H,4,8,13,18-20H2,1-3H3,(H,31,34). The molecule has 0 aliphatic rings. The van der Waals surface area contributed by atoms with E-state index in [0.29, 0.717) is 24.6 Å². The minimum absolute atomic E-state index is 0.0325. The second kappa shape index (κ2) is 11.7. The Labute approximate surface area is 208 Å². The van der Waals surface area contributed by atoms with Crippen molar-refractivity contribution >= 4 is 16.9 Å². The van der Waals surface area contributed by atoms with Crippen molar-refractivity contribution in [3.05, 3.63) is 95.3 Å². The van der Waals surface area contributed by atoms with Gasteiger partial charge in [-0.25, -0.2) is 4.98 Å². The van der Waals surface area contributed by atoms with Crippen LogP contribution in [0.15, 0.2) is 72.8 Å². The van der Waals surface area contributed by atoms with Crippen LogP contribution in [0.2, 0.25) is 0 Å². The van der Waals surface area contributed by atoms with E-state index in [4.69, 9.17) is 9.72 Å². The summed E-state index contributed by atoms with van der Waals surface area (Å²) in [6.07, 6.45) is 2.73. The minimum atomic E-state index is -0.0325. The van der Waals surface area contributed by atoms with E-state index in [1.54, 1.807) is 0 Å². The Bertz CT molecular complexity index is 1260. The summed E-state index contributed by atoms with van der Waals surface area (Å²) < 4.78 is 8.30. The van der Waals surface area contributed by atoms with E-state index in [1.165, 1.54) is 5.56 Å². The minimum Gasteiger partial charge on any atom is -0.492 e. The Balaban J connectivity index is 1.35. The number of para-hydroxylation sites is 2. The lowest BCUT2D eigenvalue weighted by Gasteiger charge is -2.13. The van der Waals surface area contributed by atoms with E-state index in [0.717, 1.165) is 54.0 Å². The second-order valence-corrected chi connectivity index (χ2v) is 9.12. The molecule has 0 saturated carbocycles. The molecule has 0 radical (unpaired) electrons. The van der Waals surface area contributed by atoms with Gasteiger partial charge in [-0.15, -0.1) is 0 Å². The molecular formula is C30H35N3O2. The van der Waals surface area contributed by atoms with Crippen LogP contribution in [-0.4, -0.2) is 28.6 Å². The first-order chi connectivity index (χ1) is 17.0. The van der Waals surface area contributed by atoms with Crippen molar-refractivity contribution in [2.45, 2.75) is 52.5 Å². The summed E-state index contributed by atoms with van der Waals surface area (Å²) in [5.41, 5.74) is 5.23. The molecular weight excluding hydrogens is 434 g/mol. The first-order valence-electron chi connectivity index (χ1n) is 12.6. The van der Waals surface area contributed by atoms with Gasteiger partial charge in [0, 0.05) is 18.5 Å². The topological polar surface area (TPSA) is 56.1 Å². The zero-order valence-electron chi connectivity index (χ0n) is 21.0. The zero-order chi connectivity index (χ0) is 24.6. The van der Waals surface area contributed by atoms with Gasteiger partial charge < -0.3 is 14.6 Å². The van der Waals surface area contributed by atoms with Crippen molar-refractivity contribution in [3.8, 4) is 5.75 Å². The van der Waals surface area contributed by atoms with E-state index in [1.807, 2.05) is 49.4 Å². The summed E-state index contributed by atoms with van der Waals surface area (Å²) in [5, 5.41) is 3.03. The predicted octanol–water partition coefficient (Wildman–Crippen LogP) is 6.30. The molecule has 1 heterocycles. The molecule has 182 valence electrons. The van der Waals surface area contributed by atoms with Gasteiger partial charge in [-0.3, -0.25) is 4.79 Å². The van der Waals surface area contributed by atoms with Crippen LogP contribution < -0.4 is 10.1 Å². The molecule has 1 N–H and O–H groups in total. The van der Waals surface area contributed by atoms with Gasteiger partial charge in [0.2, 0.25) is 0 Å². The molecule has 1 unspecified atom stereocenters. The number of nitrogens with one attached hydrogen (secondary N) is 1. The monoisotopic (exact) mass is 469 g/mol. The molecule has 5 nitrogen and oxygen atoms in total. The highest BCUT2D eigenvalue weighted by molar-refractivity contribution is 5.94. The van der Waals surface area contributed by atoms with Gasteiger partial charge in [0.25, 0.3) is 5.91 Å². The largest absolute Gasteiger partial charge is 0.492 e. The lowest BCUT2D eigenvalue weighted by molar-refractivity contribution is 0.0953. The van der Waals surface area contributed by atoms with Crippen molar-refractivity contribution in [2.75, 3.05) is 13.2 Å². The molecule has 0 bridgehead atoms. The molecule has 1 aromatic heterocycles. The first-order valence-corrected chi connectivity index (χ1v) is 12.6. The van der Waals surface area contributed by atoms with Gasteiger partial charge in [0.05, 0.1) is 17.6 Å². The van der Waals surface area contributed by atoms with Gasteiger partial charge in [-0.05, 0) is 67.6 Å². The Morgan fingerprint density at radius 2 is 1.86 bits per heavy atom. The first kappa shape index (κ1) is 24.5. The van der Waals surface area contributed by atoms with Crippen molar-refractivity contribution in [2.24, 2.45) is 0 Å². The maximum atomic E-state index is 12.4. The number of nitrogens with zero attached hydrogens (tertiary/aromatic N) is 2. The quantitative estimate of drug-likeness (QED) is 0.262. The molecule has 0 saturated heterocycles. The molecule has 0 aliphatic heterocycles. The van der Waals surface area contributed by atoms with E-state index >= 15 is 0 Å². The number of aryl methyl sites for hydroxylation is 2. The molecule has 4 rings (SSSR count). The number of aromatic nitrogens is 2. The summed E-state index contributed by atoms with van der Waals surface area (Å²) in [7, 11) is 0. The van der Waals surface area contributed by atoms with Gasteiger partial charge >= 0.3 is 0 Å². The van der Waals surface area contributed by atoms with Crippen molar-refractivity contribution in [1.29, 1.82) is 0 Å². The maximum Gasteiger partial charge on any atom is 0.251 e. The number of hydrogen-bond acceptors (Lipinski definition) is 3. The highest BCUT2D eigenvalue weighted by atomic mass is 16.5. The van der Waals surface area contributed by atoms with Gasteiger partial charge in [-0.2, -0.15) is 0 Å². The van der Waals surface area contributed by atoms with Crippen LogP contribution in [0.4, 0.5) is 0 Å². The van der Waals surface area contributed by atoms with E-state index in [-0.39, 0.29) is 5.91 Å². The number of benzene rings is 3. The zero-order valence-corrected chi connectivity index (χ0v) is 21.0. The molecule has 0 spiro atoms. The Morgan fingerprint density at radius 1 is 1.06 bits per heavy atom. The lowest BCUT2D eigenvalue weighted by atomic mass is 9.99. The fourth-order valence-electron chi connectivity index (χ4n) is 4.29. The number of hydrogen-bond donors (Lipinski definition) is 1. The third-order valence-electron chi connectivity index (χ3n) is 6.52. The number of carbonyl (C=O) groups excluding carboxylic acids is 1. The van der Waals surface area contributed by atoms with Crippen LogP contribution in [0.3, 0.4) is 0 Å². The molecule has 4 aromatic rings. The van der Waals surface area contributed by atoms with Crippen LogP contribution in [0, 0.1) is 6.92 Å². The van der Waals surface area contributed by atoms with Crippen LogP contribution in [0.5, 0.6) is 5.75 Å². The van der Waals surface area contributed by atoms with E-state index in [9.17, 15) is 4.79 Å². The number of rotatable bonds is 11. The number of carbonyl (C=O) groups is 1. The normalized spacial score (nSPS) is 12.0. The fraction of sp³-hybridized carbons (Fsp3) is 0.333. The maximum absolute atomic E-state index is 12.4. The highest BCUT2D eigenvalue weighted by Crippen LogP contribution is 2.22. The fourth-order valence-corrected chi connectivity index (χ4v) is 4.29. The van der Waals surface area contributed by atoms with Crippen LogP contribution >= 0.6 is 0 Å². The average molecular weight is 470 g/mol. The van der Waals surface area contributed by atoms with Crippen LogP contribution in [0.1, 0.15) is 59.9 Å². The third kappa shape index (κ3) is 6.30. The summed E-state index contributed by atoms with van der Waals surface area (Å²) >= 11 is 0. The predicted molar refractivity (Wildman–Crippen MR) is 142 cm³/mol. The summed E-state index contributed by atoms with van der Waals surface area (Å²) in [6, 6.07) is 24.3. The third-order valence-corrected chi connectivity index (χ3v) is 6.52. The van der Waals surface area contributed by atoms with Gasteiger partial charge in [0.1, 0.15) is 18.2 Å². The number of amides is 1. The Kier molecular flexibility index (Phi) is 8.19. The summed E-state index contributed by atoms with van der Waals surface area (Å²) in [6.45, 7) is 8.34. The van der Waals surface area contributed by atoms with E-state index in [2.05, 4.69) is 54.1 Å². The average Bonchev–Trinajstić information content (AvgIpc) is 3.23. The smallest absolute Gasteiger partial charge is 0.251 e. The van der Waals surface area contributed by atoms with Crippen molar-refractivity contribution in [3.63, 3.8) is 0 Å². The Morgan fingerprint density at radius 3 is 2.63 bits per heavy atom. The highest BCUT2D eigenvalue weighted by Gasteiger charge is 2.11. The molecule has 1 atom stereocenters. The molecule has 3 aromatic carbocycles. The SMILES string of the molecule is CCC(C)c1ccc(OCCn2c(CCCNC(=O)c3cccc(C)c3)nc3ccccc32)cc1. The lowest BCUT2D eigenvalue weighted by Crippen LogP contribution is -2.25. The number of fused-ring (bicyclic) bond motifs is 1. The van der Waals surface area contributed by atoms with Crippen LogP contribution in [-0.2, 0) is 13.0 Å². The molecule has 0 aliphatic carbocycles. The molecule has 0 fully saturated rings. The summed E-state index contributed by atoms with van der Waals surface area (Å²) in [5.74, 6) is 2.44. The van der Waals surface area contributed by atoms with Crippen molar-refractivity contribution < 1.29 is 9.53 Å². The molecule has 35 heavy (non-hydrogen) atoms. The van der Waals surface area contributed by atoms with Crippen molar-refractivity contribution in [1.82, 2.24) is 14.9 Å². The molecule has 1 amide bonds. The number of ether oxygens (including phenoxy) is 1.